The number of esters is 1. The van der Waals surface area contributed by atoms with Crippen LogP contribution in [-0.4, -0.2) is 12.6 Å². The molecule has 0 amide bonds. The average molecular weight is 342 g/mol. The molecule has 1 rings (SSSR count). The van der Waals surface area contributed by atoms with Crippen molar-refractivity contribution in [3.8, 4) is 0 Å². The zero-order chi connectivity index (χ0) is 15.9. The number of carbonyl (C=O) groups excluding carboxylic acids is 1. The van der Waals surface area contributed by atoms with E-state index in [4.69, 9.17) is 4.74 Å². The Labute approximate surface area is 147 Å². The summed E-state index contributed by atoms with van der Waals surface area (Å²) < 4.78 is 7.09. The average Bonchev–Trinajstić information content (AvgIpc) is 2.53. The first-order valence-electron chi connectivity index (χ1n) is 8.92. The van der Waals surface area contributed by atoms with Crippen molar-refractivity contribution in [2.45, 2.75) is 77.7 Å². The minimum atomic E-state index is -0.146. The normalized spacial score (nSPS) is 10.1. The summed E-state index contributed by atoms with van der Waals surface area (Å²) in [5.41, 5.74) is 0. The topological polar surface area (TPSA) is 30.2 Å². The monoisotopic (exact) mass is 341 g/mol. The molecule has 1 heterocycles. The Morgan fingerprint density at radius 1 is 0.826 bits per heavy atom. The first kappa shape index (κ1) is 21.9. The second-order valence-corrected chi connectivity index (χ2v) is 5.95. The van der Waals surface area contributed by atoms with E-state index in [0.29, 0.717) is 13.2 Å². The van der Waals surface area contributed by atoms with Gasteiger partial charge in [-0.3, -0.25) is 0 Å². The fourth-order valence-corrected chi connectivity index (χ4v) is 2.51. The number of aromatic nitrogens is 1. The van der Waals surface area contributed by atoms with E-state index in [9.17, 15) is 4.79 Å². The van der Waals surface area contributed by atoms with Crippen molar-refractivity contribution < 1.29 is 26.5 Å². The molecule has 1 aromatic heterocycles. The maximum absolute atomic E-state index is 11.6. The number of carbonyl (C=O) groups is 1. The fourth-order valence-electron chi connectivity index (χ4n) is 2.51. The van der Waals surface area contributed by atoms with Gasteiger partial charge in [-0.2, -0.15) is 4.57 Å². The van der Waals surface area contributed by atoms with Gasteiger partial charge in [0.2, 0.25) is 6.54 Å². The summed E-state index contributed by atoms with van der Waals surface area (Å²) in [6.45, 7) is 3.12. The molecule has 0 aliphatic rings. The van der Waals surface area contributed by atoms with Crippen LogP contribution in [0.15, 0.2) is 30.6 Å². The van der Waals surface area contributed by atoms with Crippen LogP contribution in [0.2, 0.25) is 0 Å². The predicted molar refractivity (Wildman–Crippen MR) is 89.4 cm³/mol. The van der Waals surface area contributed by atoms with Gasteiger partial charge in [0, 0.05) is 12.1 Å². The minimum Gasteiger partial charge on any atom is -1.00 e. The van der Waals surface area contributed by atoms with E-state index in [1.165, 1.54) is 57.8 Å². The van der Waals surface area contributed by atoms with Crippen molar-refractivity contribution in [1.82, 2.24) is 0 Å². The lowest BCUT2D eigenvalue weighted by Gasteiger charge is -2.04. The molecule has 0 unspecified atom stereocenters. The molecule has 4 heteroatoms. The van der Waals surface area contributed by atoms with Crippen LogP contribution < -0.4 is 17.0 Å². The molecule has 0 saturated carbocycles. The van der Waals surface area contributed by atoms with E-state index in [0.717, 1.165) is 6.42 Å². The van der Waals surface area contributed by atoms with Crippen LogP contribution in [-0.2, 0) is 16.1 Å². The van der Waals surface area contributed by atoms with Crippen LogP contribution in [0.5, 0.6) is 0 Å². The fraction of sp³-hybridized carbons (Fsp3) is 0.684. The van der Waals surface area contributed by atoms with Crippen molar-refractivity contribution in [2.24, 2.45) is 0 Å². The zero-order valence-electron chi connectivity index (χ0n) is 14.5. The van der Waals surface area contributed by atoms with E-state index in [1.54, 1.807) is 0 Å². The van der Waals surface area contributed by atoms with Crippen LogP contribution in [0, 0.1) is 0 Å². The van der Waals surface area contributed by atoms with Crippen molar-refractivity contribution in [1.29, 1.82) is 0 Å². The molecule has 132 valence electrons. The van der Waals surface area contributed by atoms with Gasteiger partial charge >= 0.3 is 5.97 Å². The van der Waals surface area contributed by atoms with Gasteiger partial charge in [0.05, 0.1) is 6.61 Å². The van der Waals surface area contributed by atoms with Crippen molar-refractivity contribution in [3.63, 3.8) is 0 Å². The molecule has 0 aliphatic carbocycles. The number of hydrogen-bond acceptors (Lipinski definition) is 2. The zero-order valence-corrected chi connectivity index (χ0v) is 15.3. The third kappa shape index (κ3) is 13.1. The van der Waals surface area contributed by atoms with E-state index < -0.39 is 0 Å². The lowest BCUT2D eigenvalue weighted by molar-refractivity contribution is -0.686. The molecule has 1 aromatic rings. The molecule has 3 nitrogen and oxygen atoms in total. The van der Waals surface area contributed by atoms with Crippen molar-refractivity contribution in [2.75, 3.05) is 6.61 Å². The largest absolute Gasteiger partial charge is 1.00 e. The molecule has 0 spiro atoms. The van der Waals surface area contributed by atoms with Gasteiger partial charge in [0.1, 0.15) is 0 Å². The molecular weight excluding hydrogens is 310 g/mol. The third-order valence-corrected chi connectivity index (χ3v) is 3.85. The smallest absolute Gasteiger partial charge is 0.372 e. The highest BCUT2D eigenvalue weighted by Gasteiger charge is 2.09. The number of ether oxygens (including phenoxy) is 1. The summed E-state index contributed by atoms with van der Waals surface area (Å²) in [7, 11) is 0. The summed E-state index contributed by atoms with van der Waals surface area (Å²) in [5, 5.41) is 0. The Kier molecular flexibility index (Phi) is 15.0. The molecular formula is C19H32ClNO2. The van der Waals surface area contributed by atoms with Crippen LogP contribution in [0.4, 0.5) is 0 Å². The SMILES string of the molecule is CCCCCCCCCCCCOC(=O)C[n+]1ccccc1.[Cl-]. The Balaban J connectivity index is 0.00000484. The molecule has 0 N–H and O–H groups in total. The summed E-state index contributed by atoms with van der Waals surface area (Å²) in [5.74, 6) is -0.146. The van der Waals surface area contributed by atoms with E-state index in [1.807, 2.05) is 35.2 Å². The third-order valence-electron chi connectivity index (χ3n) is 3.85. The van der Waals surface area contributed by atoms with Crippen molar-refractivity contribution >= 4 is 5.97 Å². The van der Waals surface area contributed by atoms with Crippen LogP contribution >= 0.6 is 0 Å². The van der Waals surface area contributed by atoms with Gasteiger partial charge in [-0.15, -0.1) is 0 Å². The highest BCUT2D eigenvalue weighted by atomic mass is 35.5. The van der Waals surface area contributed by atoms with Crippen molar-refractivity contribution in [3.05, 3.63) is 30.6 Å². The van der Waals surface area contributed by atoms with Gasteiger partial charge in [-0.1, -0.05) is 70.8 Å². The van der Waals surface area contributed by atoms with Gasteiger partial charge in [0.15, 0.2) is 12.4 Å². The molecule has 23 heavy (non-hydrogen) atoms. The number of pyridine rings is 1. The van der Waals surface area contributed by atoms with Gasteiger partial charge in [-0.25, -0.2) is 4.79 Å². The second-order valence-electron chi connectivity index (χ2n) is 5.95. The van der Waals surface area contributed by atoms with E-state index in [-0.39, 0.29) is 18.4 Å². The molecule has 0 atom stereocenters. The van der Waals surface area contributed by atoms with E-state index in [2.05, 4.69) is 6.92 Å². The van der Waals surface area contributed by atoms with Gasteiger partial charge < -0.3 is 17.1 Å². The number of unbranched alkanes of at least 4 members (excludes halogenated alkanes) is 9. The summed E-state index contributed by atoms with van der Waals surface area (Å²) in [6, 6.07) is 5.76. The summed E-state index contributed by atoms with van der Waals surface area (Å²) >= 11 is 0. The Bertz CT molecular complexity index is 384. The highest BCUT2D eigenvalue weighted by Crippen LogP contribution is 2.10. The lowest BCUT2D eigenvalue weighted by atomic mass is 10.1. The maximum Gasteiger partial charge on any atom is 0.372 e. The Hall–Kier alpha value is -1.09. The predicted octanol–water partition coefficient (Wildman–Crippen LogP) is 1.44. The number of rotatable bonds is 13. The highest BCUT2D eigenvalue weighted by molar-refractivity contribution is 5.67. The number of halogens is 1. The van der Waals surface area contributed by atoms with Crippen LogP contribution in [0.25, 0.3) is 0 Å². The lowest BCUT2D eigenvalue weighted by Crippen LogP contribution is -3.00. The van der Waals surface area contributed by atoms with Crippen LogP contribution in [0.3, 0.4) is 0 Å². The second kappa shape index (κ2) is 15.8. The van der Waals surface area contributed by atoms with E-state index >= 15 is 0 Å². The number of nitrogens with zero attached hydrogens (tertiary/aromatic N) is 1. The summed E-state index contributed by atoms with van der Waals surface area (Å²) in [4.78, 5) is 11.6. The van der Waals surface area contributed by atoms with Gasteiger partial charge in [0.25, 0.3) is 0 Å². The maximum atomic E-state index is 11.6. The molecule has 0 fully saturated rings. The van der Waals surface area contributed by atoms with Crippen LogP contribution in [0.1, 0.15) is 71.1 Å². The summed E-state index contributed by atoms with van der Waals surface area (Å²) in [6.07, 6.45) is 16.7. The first-order valence-corrected chi connectivity index (χ1v) is 8.92. The Morgan fingerprint density at radius 3 is 1.91 bits per heavy atom. The molecule has 0 radical (unpaired) electrons. The van der Waals surface area contributed by atoms with Gasteiger partial charge in [-0.05, 0) is 6.42 Å². The molecule has 0 aliphatic heterocycles. The first-order chi connectivity index (χ1) is 10.8. The standard InChI is InChI=1S/C19H32NO2.ClH/c1-2-3-4-5-6-7-8-9-10-14-17-22-19(21)18-20-15-12-11-13-16-20;/h11-13,15-16H,2-10,14,17-18H2,1H3;1H/q+1;/p-1. The Morgan fingerprint density at radius 2 is 1.35 bits per heavy atom. The quantitative estimate of drug-likeness (QED) is 0.309. The minimum absolute atomic E-state index is 0. The molecule has 0 aromatic carbocycles. The molecule has 0 saturated heterocycles. The molecule has 0 bridgehead atoms. The number of hydrogen-bond donors (Lipinski definition) is 0.